The number of ether oxygens (including phenoxy) is 1. The van der Waals surface area contributed by atoms with Gasteiger partial charge in [-0.1, -0.05) is 6.92 Å². The summed E-state index contributed by atoms with van der Waals surface area (Å²) in [5, 5.41) is 5.39. The summed E-state index contributed by atoms with van der Waals surface area (Å²) in [7, 11) is 4.14. The van der Waals surface area contributed by atoms with E-state index in [1.807, 2.05) is 35.0 Å². The number of anilines is 2. The Morgan fingerprint density at radius 3 is 2.75 bits per heavy atom. The lowest BCUT2D eigenvalue weighted by Gasteiger charge is -2.15. The van der Waals surface area contributed by atoms with E-state index in [-0.39, 0.29) is 6.61 Å². The summed E-state index contributed by atoms with van der Waals surface area (Å²) in [6.07, 6.45) is 7.53. The molecule has 0 aliphatic carbocycles. The Morgan fingerprint density at radius 1 is 1.03 bits per heavy atom. The lowest BCUT2D eigenvalue weighted by Crippen LogP contribution is -2.21. The normalized spacial score (nSPS) is 11.4. The molecule has 0 spiro atoms. The standard InChI is InChI=1S/C26H29N9O/c1-4-17-11-22(29-8-10-34(2)3)20-6-5-19(12-23(20)32-17)36-15-18-13-28-14-24(33-18)35-9-7-21-25(27)30-16-31-26(21)35/h5-7,9,11-14,16H,4,8,10,15H2,1-3H3,(H,29,32)(H2,27,30,31). The van der Waals surface area contributed by atoms with E-state index in [0.717, 1.165) is 52.9 Å². The van der Waals surface area contributed by atoms with Crippen LogP contribution in [0.3, 0.4) is 0 Å². The van der Waals surface area contributed by atoms with E-state index < -0.39 is 0 Å². The van der Waals surface area contributed by atoms with Crippen molar-refractivity contribution in [1.29, 1.82) is 0 Å². The smallest absolute Gasteiger partial charge is 0.157 e. The monoisotopic (exact) mass is 483 g/mol. The van der Waals surface area contributed by atoms with Crippen LogP contribution in [0, 0.1) is 0 Å². The Balaban J connectivity index is 1.36. The average Bonchev–Trinajstić information content (AvgIpc) is 3.32. The molecule has 0 saturated carbocycles. The fraction of sp³-hybridized carbons (Fsp3) is 0.269. The van der Waals surface area contributed by atoms with Gasteiger partial charge in [0.05, 0.1) is 29.0 Å². The number of hydrogen-bond acceptors (Lipinski definition) is 9. The minimum atomic E-state index is 0.268. The highest BCUT2D eigenvalue weighted by molar-refractivity contribution is 5.92. The van der Waals surface area contributed by atoms with E-state index in [2.05, 4.69) is 52.3 Å². The highest BCUT2D eigenvalue weighted by atomic mass is 16.5. The number of aryl methyl sites for hydroxylation is 1. The van der Waals surface area contributed by atoms with E-state index in [4.69, 9.17) is 20.4 Å². The van der Waals surface area contributed by atoms with Crippen molar-refractivity contribution in [1.82, 2.24) is 34.4 Å². The second-order valence-electron chi connectivity index (χ2n) is 8.76. The van der Waals surface area contributed by atoms with Gasteiger partial charge in [-0.05, 0) is 44.8 Å². The van der Waals surface area contributed by atoms with Crippen LogP contribution in [0.4, 0.5) is 11.5 Å². The number of hydrogen-bond donors (Lipinski definition) is 2. The van der Waals surface area contributed by atoms with Crippen LogP contribution < -0.4 is 15.8 Å². The molecule has 0 atom stereocenters. The first-order valence-corrected chi connectivity index (χ1v) is 11.9. The number of nitrogens with zero attached hydrogens (tertiary/aromatic N) is 7. The molecular formula is C26H29N9O. The van der Waals surface area contributed by atoms with Gasteiger partial charge >= 0.3 is 0 Å². The lowest BCUT2D eigenvalue weighted by atomic mass is 10.1. The van der Waals surface area contributed by atoms with Crippen LogP contribution in [0.15, 0.2) is 55.2 Å². The number of pyridine rings is 1. The third-order valence-corrected chi connectivity index (χ3v) is 5.89. The van der Waals surface area contributed by atoms with Gasteiger partial charge in [0.2, 0.25) is 0 Å². The molecule has 5 rings (SSSR count). The van der Waals surface area contributed by atoms with Crippen molar-refractivity contribution >= 4 is 33.4 Å². The third-order valence-electron chi connectivity index (χ3n) is 5.89. The molecule has 10 heteroatoms. The van der Waals surface area contributed by atoms with Crippen LogP contribution >= 0.6 is 0 Å². The number of benzene rings is 1. The summed E-state index contributed by atoms with van der Waals surface area (Å²) >= 11 is 0. The van der Waals surface area contributed by atoms with Gasteiger partial charge in [0.15, 0.2) is 11.5 Å². The minimum Gasteiger partial charge on any atom is -0.487 e. The van der Waals surface area contributed by atoms with Crippen LogP contribution in [0.1, 0.15) is 18.3 Å². The predicted octanol–water partition coefficient (Wildman–Crippen LogP) is 3.46. The van der Waals surface area contributed by atoms with E-state index in [9.17, 15) is 0 Å². The summed E-state index contributed by atoms with van der Waals surface area (Å²) in [6, 6.07) is 9.98. The maximum absolute atomic E-state index is 6.08. The number of rotatable bonds is 9. The second kappa shape index (κ2) is 10.1. The molecule has 36 heavy (non-hydrogen) atoms. The summed E-state index contributed by atoms with van der Waals surface area (Å²) in [6.45, 7) is 4.19. The van der Waals surface area contributed by atoms with E-state index in [1.54, 1.807) is 12.4 Å². The first-order chi connectivity index (χ1) is 17.5. The molecule has 5 aromatic rings. The molecular weight excluding hydrogens is 454 g/mol. The van der Waals surface area contributed by atoms with Gasteiger partial charge in [0.1, 0.15) is 24.5 Å². The van der Waals surface area contributed by atoms with Crippen LogP contribution in [0.25, 0.3) is 27.8 Å². The average molecular weight is 484 g/mol. The number of nitrogen functional groups attached to an aromatic ring is 1. The van der Waals surface area contributed by atoms with Gasteiger partial charge in [-0.2, -0.15) is 0 Å². The van der Waals surface area contributed by atoms with E-state index in [0.29, 0.717) is 23.0 Å². The molecule has 0 fully saturated rings. The minimum absolute atomic E-state index is 0.268. The number of nitrogens with one attached hydrogen (secondary N) is 1. The van der Waals surface area contributed by atoms with Gasteiger partial charge in [-0.3, -0.25) is 14.5 Å². The Bertz CT molecular complexity index is 1510. The maximum atomic E-state index is 6.08. The van der Waals surface area contributed by atoms with Crippen molar-refractivity contribution in [2.75, 3.05) is 38.2 Å². The van der Waals surface area contributed by atoms with Crippen LogP contribution in [-0.2, 0) is 13.0 Å². The van der Waals surface area contributed by atoms with E-state index in [1.165, 1.54) is 6.33 Å². The molecule has 0 bridgehead atoms. The van der Waals surface area contributed by atoms with Gasteiger partial charge in [-0.25, -0.2) is 15.0 Å². The number of likely N-dealkylation sites (N-methyl/N-ethyl adjacent to an activating group) is 1. The van der Waals surface area contributed by atoms with Crippen molar-refractivity contribution in [2.24, 2.45) is 0 Å². The SMILES string of the molecule is CCc1cc(NCCN(C)C)c2ccc(OCc3cncc(-n4ccc5c(N)ncnc54)n3)cc2n1. The fourth-order valence-electron chi connectivity index (χ4n) is 3.99. The molecule has 0 saturated heterocycles. The zero-order valence-corrected chi connectivity index (χ0v) is 20.6. The quantitative estimate of drug-likeness (QED) is 0.325. The summed E-state index contributed by atoms with van der Waals surface area (Å²) in [5.41, 5.74) is 10.4. The topological polar surface area (TPSA) is 120 Å². The molecule has 3 N–H and O–H groups in total. The van der Waals surface area contributed by atoms with Gasteiger partial charge in [0, 0.05) is 42.1 Å². The van der Waals surface area contributed by atoms with Gasteiger partial charge < -0.3 is 20.7 Å². The molecule has 0 aliphatic rings. The van der Waals surface area contributed by atoms with Gasteiger partial charge in [0.25, 0.3) is 0 Å². The Morgan fingerprint density at radius 2 is 1.92 bits per heavy atom. The van der Waals surface area contributed by atoms with Crippen molar-refractivity contribution in [3.63, 3.8) is 0 Å². The molecule has 10 nitrogen and oxygen atoms in total. The van der Waals surface area contributed by atoms with Gasteiger partial charge in [-0.15, -0.1) is 0 Å². The lowest BCUT2D eigenvalue weighted by molar-refractivity contribution is 0.301. The molecule has 0 radical (unpaired) electrons. The summed E-state index contributed by atoms with van der Waals surface area (Å²) in [5.74, 6) is 1.78. The molecule has 4 heterocycles. The molecule has 0 aliphatic heterocycles. The summed E-state index contributed by atoms with van der Waals surface area (Å²) in [4.78, 5) is 24.4. The van der Waals surface area contributed by atoms with Crippen molar-refractivity contribution in [3.8, 4) is 11.6 Å². The zero-order valence-electron chi connectivity index (χ0n) is 20.6. The Hall–Kier alpha value is -4.31. The predicted molar refractivity (Wildman–Crippen MR) is 141 cm³/mol. The first-order valence-electron chi connectivity index (χ1n) is 11.9. The molecule has 184 valence electrons. The highest BCUT2D eigenvalue weighted by Gasteiger charge is 2.11. The third kappa shape index (κ3) is 4.89. The fourth-order valence-corrected chi connectivity index (χ4v) is 3.99. The number of nitrogens with two attached hydrogens (primary N) is 1. The largest absolute Gasteiger partial charge is 0.487 e. The first kappa shape index (κ1) is 23.4. The summed E-state index contributed by atoms with van der Waals surface area (Å²) < 4.78 is 7.91. The Kier molecular flexibility index (Phi) is 6.59. The highest BCUT2D eigenvalue weighted by Crippen LogP contribution is 2.28. The van der Waals surface area contributed by atoms with Crippen molar-refractivity contribution < 1.29 is 4.74 Å². The second-order valence-corrected chi connectivity index (χ2v) is 8.76. The van der Waals surface area contributed by atoms with Crippen LogP contribution in [0.5, 0.6) is 5.75 Å². The van der Waals surface area contributed by atoms with Crippen molar-refractivity contribution in [2.45, 2.75) is 20.0 Å². The van der Waals surface area contributed by atoms with Crippen LogP contribution in [0.2, 0.25) is 0 Å². The van der Waals surface area contributed by atoms with Crippen molar-refractivity contribution in [3.05, 3.63) is 66.6 Å². The molecule has 4 aromatic heterocycles. The molecule has 0 amide bonds. The Labute approximate surface area is 209 Å². The maximum Gasteiger partial charge on any atom is 0.157 e. The number of aromatic nitrogens is 6. The number of fused-ring (bicyclic) bond motifs is 2. The van der Waals surface area contributed by atoms with E-state index >= 15 is 0 Å². The zero-order chi connectivity index (χ0) is 25.1. The molecule has 0 unspecified atom stereocenters. The molecule has 1 aromatic carbocycles. The van der Waals surface area contributed by atoms with Crippen LogP contribution in [-0.4, -0.2) is 61.6 Å².